The Morgan fingerprint density at radius 2 is 2.18 bits per heavy atom. The molecule has 0 unspecified atom stereocenters. The summed E-state index contributed by atoms with van der Waals surface area (Å²) in [6, 6.07) is 0. The first kappa shape index (κ1) is 13.8. The van der Waals surface area contributed by atoms with Gasteiger partial charge in [0.25, 0.3) is 0 Å². The molecule has 1 aliphatic heterocycles. The van der Waals surface area contributed by atoms with Gasteiger partial charge in [0.2, 0.25) is 5.88 Å². The Labute approximate surface area is 110 Å². The molecule has 2 N–H and O–H groups in total. The summed E-state index contributed by atoms with van der Waals surface area (Å²) in [5.74, 6) is 1.63. The maximum absolute atomic E-state index is 6.02. The number of aliphatic imine (C=N–C) groups is 1. The number of hydrogen-bond donors (Lipinski definition) is 2. The number of nitrogens with one attached hydrogen (secondary N) is 2. The molecule has 0 bridgehead atoms. The van der Waals surface area contributed by atoms with Crippen molar-refractivity contribution < 1.29 is 17.1 Å². The third kappa shape index (κ3) is 3.10. The number of methoxy groups -OCH3 is 1. The van der Waals surface area contributed by atoms with Gasteiger partial charge in [-0.05, 0) is 6.92 Å². The van der Waals surface area contributed by atoms with Gasteiger partial charge in [0.1, 0.15) is 11.5 Å². The number of rotatable bonds is 2. The summed E-state index contributed by atoms with van der Waals surface area (Å²) in [5, 5.41) is 6.40. The minimum Gasteiger partial charge on any atom is -1.00 e. The van der Waals surface area contributed by atoms with E-state index in [2.05, 4.69) is 25.6 Å². The third-order valence-electron chi connectivity index (χ3n) is 2.05. The van der Waals surface area contributed by atoms with Gasteiger partial charge in [-0.2, -0.15) is 4.98 Å². The van der Waals surface area contributed by atoms with E-state index in [1.165, 1.54) is 7.11 Å². The molecule has 0 radical (unpaired) electrons. The van der Waals surface area contributed by atoms with E-state index in [9.17, 15) is 0 Å². The number of anilines is 1. The van der Waals surface area contributed by atoms with Crippen LogP contribution in [0.5, 0.6) is 5.88 Å². The number of halogens is 2. The topological polar surface area (TPSA) is 71.4 Å². The van der Waals surface area contributed by atoms with Crippen LogP contribution in [-0.4, -0.2) is 36.1 Å². The lowest BCUT2D eigenvalue weighted by atomic mass is 10.4. The van der Waals surface area contributed by atoms with E-state index in [4.69, 9.17) is 16.3 Å². The van der Waals surface area contributed by atoms with Crippen molar-refractivity contribution in [2.24, 2.45) is 4.99 Å². The molecule has 6 nitrogen and oxygen atoms in total. The maximum atomic E-state index is 6.02. The van der Waals surface area contributed by atoms with E-state index in [0.29, 0.717) is 28.5 Å². The van der Waals surface area contributed by atoms with E-state index in [0.717, 1.165) is 13.1 Å². The van der Waals surface area contributed by atoms with Crippen molar-refractivity contribution in [2.45, 2.75) is 6.92 Å². The average Bonchev–Trinajstić information content (AvgIpc) is 2.74. The summed E-state index contributed by atoms with van der Waals surface area (Å²) in [7, 11) is 1.53. The Morgan fingerprint density at radius 3 is 2.76 bits per heavy atom. The second-order valence-electron chi connectivity index (χ2n) is 3.23. The van der Waals surface area contributed by atoms with E-state index in [1.54, 1.807) is 6.92 Å². The molecule has 2 heterocycles. The lowest BCUT2D eigenvalue weighted by Crippen LogP contribution is -3.00. The fourth-order valence-electron chi connectivity index (χ4n) is 1.37. The highest BCUT2D eigenvalue weighted by Gasteiger charge is 2.15. The van der Waals surface area contributed by atoms with Gasteiger partial charge in [0.05, 0.1) is 13.7 Å². The molecule has 1 aromatic heterocycles. The standard InChI is InChI=1S/C9H12ClN5O.ClH/c1-5-13-7(10)6(8(14-5)16-2)15-9-11-3-4-12-9;/h3-4H2,1-2H3,(H2,11,12,15);1H/p-1. The quantitative estimate of drug-likeness (QED) is 0.602. The predicted molar refractivity (Wildman–Crippen MR) is 62.3 cm³/mol. The zero-order valence-corrected chi connectivity index (χ0v) is 10.9. The summed E-state index contributed by atoms with van der Waals surface area (Å²) in [5.41, 5.74) is 0.530. The normalized spacial score (nSPS) is 13.5. The molecular formula is C9H12Cl2N5O-. The Bertz CT molecular complexity index is 438. The smallest absolute Gasteiger partial charge is 0.242 e. The van der Waals surface area contributed by atoms with Crippen molar-refractivity contribution in [3.8, 4) is 5.88 Å². The van der Waals surface area contributed by atoms with Crippen LogP contribution in [0.15, 0.2) is 4.99 Å². The summed E-state index contributed by atoms with van der Waals surface area (Å²) < 4.78 is 5.14. The van der Waals surface area contributed by atoms with Gasteiger partial charge in [-0.3, -0.25) is 4.99 Å². The Balaban J connectivity index is 0.00000144. The average molecular weight is 277 g/mol. The first-order chi connectivity index (χ1) is 7.70. The predicted octanol–water partition coefficient (Wildman–Crippen LogP) is -2.18. The van der Waals surface area contributed by atoms with Crippen molar-refractivity contribution in [3.63, 3.8) is 0 Å². The summed E-state index contributed by atoms with van der Waals surface area (Å²) >= 11 is 6.02. The highest BCUT2D eigenvalue weighted by molar-refractivity contribution is 6.32. The number of guanidine groups is 1. The molecule has 0 fully saturated rings. The molecule has 0 saturated carbocycles. The lowest BCUT2D eigenvalue weighted by molar-refractivity contribution is -0.00000393. The molecule has 0 saturated heterocycles. The third-order valence-corrected chi connectivity index (χ3v) is 2.33. The number of nitrogens with zero attached hydrogens (tertiary/aromatic N) is 3. The Morgan fingerprint density at radius 1 is 1.41 bits per heavy atom. The second kappa shape index (κ2) is 5.88. The van der Waals surface area contributed by atoms with E-state index >= 15 is 0 Å². The van der Waals surface area contributed by atoms with Gasteiger partial charge in [0.15, 0.2) is 11.1 Å². The Kier molecular flexibility index (Phi) is 4.77. The van der Waals surface area contributed by atoms with Gasteiger partial charge in [-0.1, -0.05) is 11.6 Å². The van der Waals surface area contributed by atoms with Gasteiger partial charge >= 0.3 is 0 Å². The highest BCUT2D eigenvalue weighted by atomic mass is 35.5. The molecule has 17 heavy (non-hydrogen) atoms. The van der Waals surface area contributed by atoms with Crippen LogP contribution in [0.3, 0.4) is 0 Å². The number of ether oxygens (including phenoxy) is 1. The van der Waals surface area contributed by atoms with Gasteiger partial charge in [-0.25, -0.2) is 4.98 Å². The van der Waals surface area contributed by atoms with Crippen LogP contribution in [-0.2, 0) is 0 Å². The molecule has 0 spiro atoms. The second-order valence-corrected chi connectivity index (χ2v) is 3.59. The summed E-state index contributed by atoms with van der Waals surface area (Å²) in [4.78, 5) is 12.4. The minimum atomic E-state index is 0. The van der Waals surface area contributed by atoms with E-state index < -0.39 is 0 Å². The number of aryl methyl sites for hydroxylation is 1. The molecule has 2 rings (SSSR count). The molecule has 94 valence electrons. The zero-order chi connectivity index (χ0) is 11.5. The Hall–Kier alpha value is -1.27. The molecule has 1 aromatic rings. The van der Waals surface area contributed by atoms with Crippen LogP contribution in [0.1, 0.15) is 5.82 Å². The molecule has 0 atom stereocenters. The van der Waals surface area contributed by atoms with Crippen molar-refractivity contribution in [2.75, 3.05) is 25.5 Å². The van der Waals surface area contributed by atoms with E-state index in [1.807, 2.05) is 0 Å². The van der Waals surface area contributed by atoms with Crippen LogP contribution in [0, 0.1) is 6.92 Å². The number of aromatic nitrogens is 2. The lowest BCUT2D eigenvalue weighted by Gasteiger charge is -2.11. The molecule has 0 amide bonds. The van der Waals surface area contributed by atoms with Crippen molar-refractivity contribution >= 4 is 23.2 Å². The summed E-state index contributed by atoms with van der Waals surface area (Å²) in [6.07, 6.45) is 0. The highest BCUT2D eigenvalue weighted by Crippen LogP contribution is 2.28. The molecule has 0 aromatic carbocycles. The van der Waals surface area contributed by atoms with Gasteiger partial charge < -0.3 is 27.8 Å². The number of hydrogen-bond acceptors (Lipinski definition) is 6. The van der Waals surface area contributed by atoms with E-state index in [-0.39, 0.29) is 12.4 Å². The van der Waals surface area contributed by atoms with Crippen LogP contribution in [0.2, 0.25) is 5.15 Å². The fraction of sp³-hybridized carbons (Fsp3) is 0.444. The van der Waals surface area contributed by atoms with Crippen LogP contribution >= 0.6 is 11.6 Å². The summed E-state index contributed by atoms with van der Waals surface area (Å²) in [6.45, 7) is 3.31. The first-order valence-corrected chi connectivity index (χ1v) is 5.22. The first-order valence-electron chi connectivity index (χ1n) is 4.84. The monoisotopic (exact) mass is 276 g/mol. The van der Waals surface area contributed by atoms with Gasteiger partial charge in [-0.15, -0.1) is 0 Å². The SMILES string of the molecule is COc1nc(C)nc(Cl)c1NC1=NCCN1.[Cl-]. The zero-order valence-electron chi connectivity index (χ0n) is 9.42. The molecular weight excluding hydrogens is 265 g/mol. The van der Waals surface area contributed by atoms with Crippen LogP contribution in [0.4, 0.5) is 5.69 Å². The van der Waals surface area contributed by atoms with Crippen LogP contribution < -0.4 is 27.8 Å². The largest absolute Gasteiger partial charge is 1.00 e. The van der Waals surface area contributed by atoms with Gasteiger partial charge in [0, 0.05) is 6.54 Å². The molecule has 0 aliphatic carbocycles. The fourth-order valence-corrected chi connectivity index (χ4v) is 1.62. The van der Waals surface area contributed by atoms with Crippen molar-refractivity contribution in [3.05, 3.63) is 11.0 Å². The molecule has 1 aliphatic rings. The van der Waals surface area contributed by atoms with Crippen LogP contribution in [0.25, 0.3) is 0 Å². The molecule has 8 heteroatoms. The minimum absolute atomic E-state index is 0. The maximum Gasteiger partial charge on any atom is 0.242 e. The van der Waals surface area contributed by atoms with Crippen molar-refractivity contribution in [1.82, 2.24) is 15.3 Å². The van der Waals surface area contributed by atoms with Crippen molar-refractivity contribution in [1.29, 1.82) is 0 Å².